The summed E-state index contributed by atoms with van der Waals surface area (Å²) in [6.07, 6.45) is 0. The van der Waals surface area contributed by atoms with Gasteiger partial charge >= 0.3 is 0 Å². The number of carbonyl (C=O) groups excluding carboxylic acids is 1. The van der Waals surface area contributed by atoms with Gasteiger partial charge < -0.3 is 15.8 Å². The molecule has 0 aliphatic carbocycles. The summed E-state index contributed by atoms with van der Waals surface area (Å²) in [7, 11) is 1.47. The van der Waals surface area contributed by atoms with Gasteiger partial charge in [0.15, 0.2) is 0 Å². The van der Waals surface area contributed by atoms with Crippen LogP contribution >= 0.6 is 0 Å². The first kappa shape index (κ1) is 14.0. The van der Waals surface area contributed by atoms with Crippen LogP contribution in [-0.2, 0) is 4.79 Å². The SMILES string of the molecule is COc1ccc(F)c(NC(=O)C(N)c2ccccc2)c1. The molecule has 2 rings (SSSR count). The van der Waals surface area contributed by atoms with Crippen molar-refractivity contribution in [3.8, 4) is 5.75 Å². The summed E-state index contributed by atoms with van der Waals surface area (Å²) in [5.74, 6) is -0.572. The van der Waals surface area contributed by atoms with Crippen LogP contribution in [0.15, 0.2) is 48.5 Å². The predicted molar refractivity (Wildman–Crippen MR) is 75.0 cm³/mol. The van der Waals surface area contributed by atoms with Crippen molar-refractivity contribution in [2.75, 3.05) is 12.4 Å². The molecule has 2 aromatic rings. The van der Waals surface area contributed by atoms with E-state index in [-0.39, 0.29) is 5.69 Å². The molecule has 3 N–H and O–H groups in total. The zero-order valence-electron chi connectivity index (χ0n) is 11.0. The third-order valence-corrected chi connectivity index (χ3v) is 2.87. The summed E-state index contributed by atoms with van der Waals surface area (Å²) >= 11 is 0. The first-order chi connectivity index (χ1) is 9.61. The highest BCUT2D eigenvalue weighted by molar-refractivity contribution is 5.95. The van der Waals surface area contributed by atoms with Crippen molar-refractivity contribution in [3.63, 3.8) is 0 Å². The minimum absolute atomic E-state index is 0.0423. The monoisotopic (exact) mass is 274 g/mol. The van der Waals surface area contributed by atoms with E-state index in [1.54, 1.807) is 24.3 Å². The molecule has 0 bridgehead atoms. The van der Waals surface area contributed by atoms with Gasteiger partial charge in [-0.2, -0.15) is 0 Å². The summed E-state index contributed by atoms with van der Waals surface area (Å²) in [5, 5.41) is 2.46. The number of hydrogen-bond donors (Lipinski definition) is 2. The minimum Gasteiger partial charge on any atom is -0.497 e. The second kappa shape index (κ2) is 6.16. The Morgan fingerprint density at radius 2 is 1.95 bits per heavy atom. The van der Waals surface area contributed by atoms with E-state index in [1.807, 2.05) is 6.07 Å². The Labute approximate surface area is 116 Å². The first-order valence-corrected chi connectivity index (χ1v) is 6.06. The van der Waals surface area contributed by atoms with E-state index in [4.69, 9.17) is 10.5 Å². The number of nitrogens with two attached hydrogens (primary N) is 1. The molecule has 1 unspecified atom stereocenters. The minimum atomic E-state index is -0.859. The van der Waals surface area contributed by atoms with E-state index >= 15 is 0 Å². The number of halogens is 1. The molecule has 20 heavy (non-hydrogen) atoms. The summed E-state index contributed by atoms with van der Waals surface area (Å²) in [5.41, 5.74) is 6.54. The number of nitrogens with one attached hydrogen (secondary N) is 1. The largest absolute Gasteiger partial charge is 0.497 e. The van der Waals surface area contributed by atoms with Crippen molar-refractivity contribution < 1.29 is 13.9 Å². The number of hydrogen-bond acceptors (Lipinski definition) is 3. The van der Waals surface area contributed by atoms with Gasteiger partial charge in [-0.15, -0.1) is 0 Å². The van der Waals surface area contributed by atoms with Crippen LogP contribution in [0.25, 0.3) is 0 Å². The number of rotatable bonds is 4. The van der Waals surface area contributed by atoms with Crippen molar-refractivity contribution >= 4 is 11.6 Å². The molecule has 0 heterocycles. The Balaban J connectivity index is 2.15. The average molecular weight is 274 g/mol. The third-order valence-electron chi connectivity index (χ3n) is 2.87. The van der Waals surface area contributed by atoms with Gasteiger partial charge in [-0.05, 0) is 17.7 Å². The summed E-state index contributed by atoms with van der Waals surface area (Å²) in [6.45, 7) is 0. The van der Waals surface area contributed by atoms with E-state index < -0.39 is 17.8 Å². The summed E-state index contributed by atoms with van der Waals surface area (Å²) < 4.78 is 18.6. The molecule has 0 aliphatic rings. The highest BCUT2D eigenvalue weighted by atomic mass is 19.1. The van der Waals surface area contributed by atoms with Crippen LogP contribution in [0.3, 0.4) is 0 Å². The maximum atomic E-state index is 13.6. The van der Waals surface area contributed by atoms with Gasteiger partial charge in [0.05, 0.1) is 12.8 Å². The number of carbonyl (C=O) groups is 1. The van der Waals surface area contributed by atoms with Gasteiger partial charge in [-0.25, -0.2) is 4.39 Å². The van der Waals surface area contributed by atoms with Gasteiger partial charge in [-0.3, -0.25) is 4.79 Å². The van der Waals surface area contributed by atoms with Crippen molar-refractivity contribution in [1.29, 1.82) is 0 Å². The quantitative estimate of drug-likeness (QED) is 0.900. The lowest BCUT2D eigenvalue weighted by Gasteiger charge is -2.13. The van der Waals surface area contributed by atoms with Gasteiger partial charge in [0.2, 0.25) is 5.91 Å². The second-order valence-corrected chi connectivity index (χ2v) is 4.22. The Hall–Kier alpha value is -2.40. The lowest BCUT2D eigenvalue weighted by molar-refractivity contribution is -0.117. The highest BCUT2D eigenvalue weighted by Crippen LogP contribution is 2.22. The molecule has 0 radical (unpaired) electrons. The van der Waals surface area contributed by atoms with E-state index in [0.29, 0.717) is 11.3 Å². The number of amides is 1. The van der Waals surface area contributed by atoms with Crippen LogP contribution in [0.5, 0.6) is 5.75 Å². The van der Waals surface area contributed by atoms with Gasteiger partial charge in [0.25, 0.3) is 0 Å². The van der Waals surface area contributed by atoms with E-state index in [9.17, 15) is 9.18 Å². The van der Waals surface area contributed by atoms with Crippen LogP contribution < -0.4 is 15.8 Å². The molecule has 0 fully saturated rings. The Morgan fingerprint density at radius 1 is 1.25 bits per heavy atom. The maximum Gasteiger partial charge on any atom is 0.245 e. The Morgan fingerprint density at radius 3 is 2.60 bits per heavy atom. The van der Waals surface area contributed by atoms with Gasteiger partial charge in [0, 0.05) is 6.07 Å². The molecular formula is C15H15FN2O2. The Kier molecular flexibility index (Phi) is 4.32. The van der Waals surface area contributed by atoms with Crippen LogP contribution in [-0.4, -0.2) is 13.0 Å². The van der Waals surface area contributed by atoms with Crippen LogP contribution in [0.1, 0.15) is 11.6 Å². The molecule has 4 nitrogen and oxygen atoms in total. The number of ether oxygens (including phenoxy) is 1. The Bertz CT molecular complexity index is 602. The van der Waals surface area contributed by atoms with Crippen molar-refractivity contribution in [3.05, 3.63) is 59.9 Å². The fourth-order valence-electron chi connectivity index (χ4n) is 1.75. The van der Waals surface area contributed by atoms with Crippen molar-refractivity contribution in [2.24, 2.45) is 5.73 Å². The average Bonchev–Trinajstić information content (AvgIpc) is 2.49. The fourth-order valence-corrected chi connectivity index (χ4v) is 1.75. The van der Waals surface area contributed by atoms with Crippen LogP contribution in [0.2, 0.25) is 0 Å². The third kappa shape index (κ3) is 3.13. The molecule has 1 amide bonds. The van der Waals surface area contributed by atoms with Crippen LogP contribution in [0.4, 0.5) is 10.1 Å². The number of anilines is 1. The molecule has 0 saturated heterocycles. The lowest BCUT2D eigenvalue weighted by Crippen LogP contribution is -2.28. The molecule has 1 atom stereocenters. The topological polar surface area (TPSA) is 64.3 Å². The maximum absolute atomic E-state index is 13.6. The number of methoxy groups -OCH3 is 1. The summed E-state index contributed by atoms with van der Waals surface area (Å²) in [6, 6.07) is 12.1. The molecule has 0 saturated carbocycles. The molecule has 5 heteroatoms. The second-order valence-electron chi connectivity index (χ2n) is 4.22. The predicted octanol–water partition coefficient (Wildman–Crippen LogP) is 2.47. The standard InChI is InChI=1S/C15H15FN2O2/c1-20-11-7-8-12(16)13(9-11)18-15(19)14(17)10-5-3-2-4-6-10/h2-9,14H,17H2,1H3,(H,18,19). The van der Waals surface area contributed by atoms with Gasteiger partial charge in [0.1, 0.15) is 17.6 Å². The fraction of sp³-hybridized carbons (Fsp3) is 0.133. The molecular weight excluding hydrogens is 259 g/mol. The number of benzene rings is 2. The van der Waals surface area contributed by atoms with E-state index in [2.05, 4.69) is 5.32 Å². The zero-order chi connectivity index (χ0) is 14.5. The molecule has 0 aromatic heterocycles. The van der Waals surface area contributed by atoms with Gasteiger partial charge in [-0.1, -0.05) is 30.3 Å². The smallest absolute Gasteiger partial charge is 0.245 e. The van der Waals surface area contributed by atoms with Crippen LogP contribution in [0, 0.1) is 5.82 Å². The summed E-state index contributed by atoms with van der Waals surface area (Å²) in [4.78, 5) is 12.0. The van der Waals surface area contributed by atoms with E-state index in [1.165, 1.54) is 25.3 Å². The molecule has 0 spiro atoms. The first-order valence-electron chi connectivity index (χ1n) is 6.06. The molecule has 2 aromatic carbocycles. The van der Waals surface area contributed by atoms with Crippen molar-refractivity contribution in [1.82, 2.24) is 0 Å². The normalized spacial score (nSPS) is 11.8. The zero-order valence-corrected chi connectivity index (χ0v) is 11.0. The molecule has 104 valence electrons. The molecule has 0 aliphatic heterocycles. The lowest BCUT2D eigenvalue weighted by atomic mass is 10.1. The van der Waals surface area contributed by atoms with E-state index in [0.717, 1.165) is 0 Å². The van der Waals surface area contributed by atoms with Crippen molar-refractivity contribution in [2.45, 2.75) is 6.04 Å². The highest BCUT2D eigenvalue weighted by Gasteiger charge is 2.17.